The molecule has 0 atom stereocenters. The number of carbonyl (C=O) groups excluding carboxylic acids is 1. The number of fused-ring (bicyclic) bond motifs is 1. The summed E-state index contributed by atoms with van der Waals surface area (Å²) >= 11 is 0. The van der Waals surface area contributed by atoms with Crippen molar-refractivity contribution in [1.82, 2.24) is 0 Å². The fraction of sp³-hybridized carbons (Fsp3) is 0.235. The molecule has 1 aliphatic rings. The summed E-state index contributed by atoms with van der Waals surface area (Å²) in [6.07, 6.45) is 2.05. The van der Waals surface area contributed by atoms with E-state index in [0.29, 0.717) is 5.69 Å². The van der Waals surface area contributed by atoms with Crippen molar-refractivity contribution in [1.29, 1.82) is 0 Å². The monoisotopic (exact) mass is 345 g/mol. The SMILES string of the molecule is NS(=O)(=O)c1ccc(NC(=O)CN2CCCc3ccccc32)cc1. The lowest BCUT2D eigenvalue weighted by Crippen LogP contribution is -2.36. The molecule has 3 rings (SSSR count). The van der Waals surface area contributed by atoms with Gasteiger partial charge in [-0.05, 0) is 48.7 Å². The zero-order valence-electron chi connectivity index (χ0n) is 13.1. The average Bonchev–Trinajstić information content (AvgIpc) is 2.55. The van der Waals surface area contributed by atoms with Gasteiger partial charge < -0.3 is 10.2 Å². The lowest BCUT2D eigenvalue weighted by Gasteiger charge is -2.30. The normalized spacial score (nSPS) is 14.1. The summed E-state index contributed by atoms with van der Waals surface area (Å²) in [5.74, 6) is -0.143. The molecule has 0 spiro atoms. The predicted octanol–water partition coefficient (Wildman–Crippen LogP) is 1.73. The molecule has 0 aromatic heterocycles. The standard InChI is InChI=1S/C17H19N3O3S/c18-24(22,23)15-9-7-14(8-10-15)19-17(21)12-20-11-3-5-13-4-1-2-6-16(13)20/h1-2,4,6-10H,3,5,11-12H2,(H,19,21)(H2,18,22,23). The van der Waals surface area contributed by atoms with E-state index in [9.17, 15) is 13.2 Å². The van der Waals surface area contributed by atoms with Crippen LogP contribution in [-0.2, 0) is 21.2 Å². The van der Waals surface area contributed by atoms with Gasteiger partial charge in [0.15, 0.2) is 0 Å². The highest BCUT2D eigenvalue weighted by atomic mass is 32.2. The Labute approximate surface area is 141 Å². The summed E-state index contributed by atoms with van der Waals surface area (Å²) in [5.41, 5.74) is 2.90. The first kappa shape index (κ1) is 16.5. The van der Waals surface area contributed by atoms with E-state index in [1.807, 2.05) is 18.2 Å². The third-order valence-electron chi connectivity index (χ3n) is 4.01. The molecular formula is C17H19N3O3S. The largest absolute Gasteiger partial charge is 0.362 e. The van der Waals surface area contributed by atoms with Crippen molar-refractivity contribution >= 4 is 27.3 Å². The highest BCUT2D eigenvalue weighted by Gasteiger charge is 2.18. The number of nitrogens with zero attached hydrogens (tertiary/aromatic N) is 1. The summed E-state index contributed by atoms with van der Waals surface area (Å²) in [7, 11) is -3.73. The Hall–Kier alpha value is -2.38. The Kier molecular flexibility index (Phi) is 4.55. The smallest absolute Gasteiger partial charge is 0.243 e. The second-order valence-electron chi connectivity index (χ2n) is 5.77. The molecule has 0 saturated heterocycles. The van der Waals surface area contributed by atoms with Crippen LogP contribution in [0.1, 0.15) is 12.0 Å². The van der Waals surface area contributed by atoms with E-state index in [2.05, 4.69) is 16.3 Å². The van der Waals surface area contributed by atoms with Gasteiger partial charge >= 0.3 is 0 Å². The van der Waals surface area contributed by atoms with Crippen LogP contribution in [0.2, 0.25) is 0 Å². The second-order valence-corrected chi connectivity index (χ2v) is 7.33. The van der Waals surface area contributed by atoms with Gasteiger partial charge in [-0.25, -0.2) is 13.6 Å². The third-order valence-corrected chi connectivity index (χ3v) is 4.94. The topological polar surface area (TPSA) is 92.5 Å². The molecule has 1 amide bonds. The molecule has 3 N–H and O–H groups in total. The molecule has 126 valence electrons. The number of amides is 1. The maximum absolute atomic E-state index is 12.3. The lowest BCUT2D eigenvalue weighted by atomic mass is 10.0. The Balaban J connectivity index is 1.66. The zero-order valence-corrected chi connectivity index (χ0v) is 13.9. The summed E-state index contributed by atoms with van der Waals surface area (Å²) < 4.78 is 22.5. The quantitative estimate of drug-likeness (QED) is 0.882. The number of nitrogens with one attached hydrogen (secondary N) is 1. The summed E-state index contributed by atoms with van der Waals surface area (Å²) in [4.78, 5) is 14.4. The van der Waals surface area contributed by atoms with Crippen LogP contribution in [-0.4, -0.2) is 27.4 Å². The molecule has 0 unspecified atom stereocenters. The van der Waals surface area contributed by atoms with E-state index >= 15 is 0 Å². The first-order valence-electron chi connectivity index (χ1n) is 7.69. The van der Waals surface area contributed by atoms with Crippen LogP contribution >= 0.6 is 0 Å². The van der Waals surface area contributed by atoms with Gasteiger partial charge in [0.25, 0.3) is 0 Å². The number of aryl methyl sites for hydroxylation is 1. The second kappa shape index (κ2) is 6.62. The van der Waals surface area contributed by atoms with Crippen LogP contribution in [0.5, 0.6) is 0 Å². The average molecular weight is 345 g/mol. The molecule has 0 aliphatic carbocycles. The molecule has 7 heteroatoms. The van der Waals surface area contributed by atoms with Gasteiger partial charge in [0.2, 0.25) is 15.9 Å². The van der Waals surface area contributed by atoms with Gasteiger partial charge in [-0.2, -0.15) is 0 Å². The predicted molar refractivity (Wildman–Crippen MR) is 93.4 cm³/mol. The van der Waals surface area contributed by atoms with Crippen molar-refractivity contribution in [2.24, 2.45) is 5.14 Å². The van der Waals surface area contributed by atoms with Crippen LogP contribution in [0.3, 0.4) is 0 Å². The fourth-order valence-corrected chi connectivity index (χ4v) is 3.39. The molecule has 0 saturated carbocycles. The lowest BCUT2D eigenvalue weighted by molar-refractivity contribution is -0.115. The van der Waals surface area contributed by atoms with Gasteiger partial charge in [-0.3, -0.25) is 4.79 Å². The Morgan fingerprint density at radius 1 is 1.12 bits per heavy atom. The Morgan fingerprint density at radius 2 is 1.83 bits per heavy atom. The number of carbonyl (C=O) groups is 1. The first-order chi connectivity index (χ1) is 11.4. The van der Waals surface area contributed by atoms with Crippen molar-refractivity contribution in [2.45, 2.75) is 17.7 Å². The van der Waals surface area contributed by atoms with E-state index < -0.39 is 10.0 Å². The number of primary sulfonamides is 1. The van der Waals surface area contributed by atoms with E-state index in [0.717, 1.165) is 25.1 Å². The van der Waals surface area contributed by atoms with Gasteiger partial charge in [-0.1, -0.05) is 18.2 Å². The zero-order chi connectivity index (χ0) is 17.2. The number of rotatable bonds is 4. The maximum Gasteiger partial charge on any atom is 0.243 e. The van der Waals surface area contributed by atoms with E-state index in [1.165, 1.54) is 29.8 Å². The summed E-state index contributed by atoms with van der Waals surface area (Å²) in [5, 5.41) is 7.84. The highest BCUT2D eigenvalue weighted by Crippen LogP contribution is 2.26. The maximum atomic E-state index is 12.3. The van der Waals surface area contributed by atoms with Crippen LogP contribution < -0.4 is 15.4 Å². The molecule has 0 bridgehead atoms. The Bertz CT molecular complexity index is 848. The van der Waals surface area contributed by atoms with Crippen LogP contribution in [0, 0.1) is 0 Å². The van der Waals surface area contributed by atoms with Crippen LogP contribution in [0.4, 0.5) is 11.4 Å². The molecule has 0 fully saturated rings. The van der Waals surface area contributed by atoms with Gasteiger partial charge in [-0.15, -0.1) is 0 Å². The summed E-state index contributed by atoms with van der Waals surface area (Å²) in [6, 6.07) is 13.9. The van der Waals surface area contributed by atoms with Gasteiger partial charge in [0, 0.05) is 17.9 Å². The Morgan fingerprint density at radius 3 is 2.54 bits per heavy atom. The molecule has 1 heterocycles. The van der Waals surface area contributed by atoms with Gasteiger partial charge in [0.1, 0.15) is 0 Å². The van der Waals surface area contributed by atoms with Crippen molar-refractivity contribution in [3.05, 3.63) is 54.1 Å². The van der Waals surface area contributed by atoms with E-state index in [-0.39, 0.29) is 17.3 Å². The number of hydrogen-bond acceptors (Lipinski definition) is 4. The van der Waals surface area contributed by atoms with Crippen molar-refractivity contribution < 1.29 is 13.2 Å². The van der Waals surface area contributed by atoms with E-state index in [4.69, 9.17) is 5.14 Å². The third kappa shape index (κ3) is 3.74. The first-order valence-corrected chi connectivity index (χ1v) is 9.24. The minimum atomic E-state index is -3.73. The molecule has 1 aliphatic heterocycles. The van der Waals surface area contributed by atoms with Crippen molar-refractivity contribution in [2.75, 3.05) is 23.3 Å². The summed E-state index contributed by atoms with van der Waals surface area (Å²) in [6.45, 7) is 1.10. The molecule has 0 radical (unpaired) electrons. The van der Waals surface area contributed by atoms with Crippen LogP contribution in [0.15, 0.2) is 53.4 Å². The highest BCUT2D eigenvalue weighted by molar-refractivity contribution is 7.89. The van der Waals surface area contributed by atoms with E-state index in [1.54, 1.807) is 0 Å². The number of para-hydroxylation sites is 1. The number of sulfonamides is 1. The molecule has 2 aromatic carbocycles. The molecular weight excluding hydrogens is 326 g/mol. The number of anilines is 2. The van der Waals surface area contributed by atoms with Crippen LogP contribution in [0.25, 0.3) is 0 Å². The number of nitrogens with two attached hydrogens (primary N) is 1. The fourth-order valence-electron chi connectivity index (χ4n) is 2.88. The molecule has 2 aromatic rings. The number of hydrogen-bond donors (Lipinski definition) is 2. The molecule has 24 heavy (non-hydrogen) atoms. The van der Waals surface area contributed by atoms with Crippen molar-refractivity contribution in [3.8, 4) is 0 Å². The number of benzene rings is 2. The molecule has 6 nitrogen and oxygen atoms in total. The minimum absolute atomic E-state index is 0.0189. The van der Waals surface area contributed by atoms with Gasteiger partial charge in [0.05, 0.1) is 11.4 Å². The minimum Gasteiger partial charge on any atom is -0.362 e. The van der Waals surface area contributed by atoms with Crippen molar-refractivity contribution in [3.63, 3.8) is 0 Å².